The van der Waals surface area contributed by atoms with Crippen LogP contribution in [0.4, 0.5) is 5.69 Å². The molecule has 1 aliphatic rings. The fourth-order valence-corrected chi connectivity index (χ4v) is 3.65. The predicted octanol–water partition coefficient (Wildman–Crippen LogP) is 4.75. The molecule has 7 heteroatoms. The molecule has 1 amide bonds. The summed E-state index contributed by atoms with van der Waals surface area (Å²) < 4.78 is 0. The summed E-state index contributed by atoms with van der Waals surface area (Å²) in [4.78, 5) is 24.9. The van der Waals surface area contributed by atoms with Crippen LogP contribution in [0.5, 0.6) is 0 Å². The smallest absolute Gasteiger partial charge is 0.270 e. The van der Waals surface area contributed by atoms with Crippen molar-refractivity contribution >= 4 is 34.8 Å². The van der Waals surface area contributed by atoms with E-state index < -0.39 is 4.92 Å². The number of likely N-dealkylation sites (tertiary alicyclic amines) is 1. The molecule has 1 atom stereocenters. The molecule has 0 spiro atoms. The summed E-state index contributed by atoms with van der Waals surface area (Å²) in [6, 6.07) is 11.6. The molecular formula is C18H16Cl2N2O3. The van der Waals surface area contributed by atoms with Crippen LogP contribution in [0.15, 0.2) is 42.5 Å². The van der Waals surface area contributed by atoms with Gasteiger partial charge in [0, 0.05) is 29.7 Å². The summed E-state index contributed by atoms with van der Waals surface area (Å²) in [6.45, 7) is 0.640. The lowest BCUT2D eigenvalue weighted by Crippen LogP contribution is -2.37. The molecule has 1 heterocycles. The van der Waals surface area contributed by atoms with Crippen LogP contribution in [-0.2, 0) is 6.42 Å². The van der Waals surface area contributed by atoms with Crippen LogP contribution in [-0.4, -0.2) is 28.3 Å². The number of nitro groups is 1. The summed E-state index contributed by atoms with van der Waals surface area (Å²) in [5.74, 6) is -0.200. The molecule has 1 unspecified atom stereocenters. The molecule has 130 valence electrons. The van der Waals surface area contributed by atoms with E-state index in [1.54, 1.807) is 4.90 Å². The first-order valence-electron chi connectivity index (χ1n) is 7.95. The average Bonchev–Trinajstić information content (AvgIpc) is 3.04. The zero-order chi connectivity index (χ0) is 18.0. The molecule has 0 aromatic heterocycles. The maximum Gasteiger partial charge on any atom is 0.270 e. The number of carbonyl (C=O) groups is 1. The highest BCUT2D eigenvalue weighted by molar-refractivity contribution is 6.34. The van der Waals surface area contributed by atoms with Crippen LogP contribution in [0.2, 0.25) is 10.0 Å². The molecule has 0 aliphatic carbocycles. The lowest BCUT2D eigenvalue weighted by atomic mass is 10.0. The number of rotatable bonds is 4. The van der Waals surface area contributed by atoms with Crippen LogP contribution >= 0.6 is 23.2 Å². The normalized spacial score (nSPS) is 16.9. The van der Waals surface area contributed by atoms with Gasteiger partial charge >= 0.3 is 0 Å². The maximum absolute atomic E-state index is 12.9. The lowest BCUT2D eigenvalue weighted by Gasteiger charge is -2.25. The largest absolute Gasteiger partial charge is 0.335 e. The van der Waals surface area contributed by atoms with Gasteiger partial charge < -0.3 is 4.90 Å². The van der Waals surface area contributed by atoms with E-state index in [0.717, 1.165) is 18.4 Å². The molecule has 1 aliphatic heterocycles. The Morgan fingerprint density at radius 2 is 1.96 bits per heavy atom. The second-order valence-electron chi connectivity index (χ2n) is 6.01. The van der Waals surface area contributed by atoms with Gasteiger partial charge in [-0.2, -0.15) is 0 Å². The SMILES string of the molecule is O=C(c1ccc([N+](=O)[O-])cc1Cl)N1CCCC1Cc1ccccc1Cl. The number of nitrogens with zero attached hydrogens (tertiary/aromatic N) is 2. The summed E-state index contributed by atoms with van der Waals surface area (Å²) in [5.41, 5.74) is 1.16. The number of amides is 1. The van der Waals surface area contributed by atoms with Crippen LogP contribution < -0.4 is 0 Å². The third kappa shape index (κ3) is 3.78. The molecule has 1 saturated heterocycles. The fourth-order valence-electron chi connectivity index (χ4n) is 3.18. The first-order chi connectivity index (χ1) is 12.0. The van der Waals surface area contributed by atoms with Gasteiger partial charge in [-0.05, 0) is 37.0 Å². The van der Waals surface area contributed by atoms with E-state index in [0.29, 0.717) is 23.6 Å². The third-order valence-electron chi connectivity index (χ3n) is 4.45. The van der Waals surface area contributed by atoms with Gasteiger partial charge in [0.15, 0.2) is 0 Å². The van der Waals surface area contributed by atoms with Gasteiger partial charge in [-0.3, -0.25) is 14.9 Å². The minimum absolute atomic E-state index is 0.0404. The minimum Gasteiger partial charge on any atom is -0.335 e. The molecule has 5 nitrogen and oxygen atoms in total. The number of carbonyl (C=O) groups excluding carboxylic acids is 1. The van der Waals surface area contributed by atoms with E-state index in [-0.39, 0.29) is 22.7 Å². The van der Waals surface area contributed by atoms with Crippen molar-refractivity contribution in [2.45, 2.75) is 25.3 Å². The highest BCUT2D eigenvalue weighted by Crippen LogP contribution is 2.29. The van der Waals surface area contributed by atoms with Gasteiger partial charge in [-0.25, -0.2) is 0 Å². The summed E-state index contributed by atoms with van der Waals surface area (Å²) >= 11 is 12.3. The second-order valence-corrected chi connectivity index (χ2v) is 6.83. The van der Waals surface area contributed by atoms with Crippen molar-refractivity contribution in [3.63, 3.8) is 0 Å². The zero-order valence-corrected chi connectivity index (χ0v) is 14.8. The molecule has 1 fully saturated rings. The standard InChI is InChI=1S/C18H16Cl2N2O3/c19-16-6-2-1-4-12(16)10-13-5-3-9-21(13)18(23)15-8-7-14(22(24)25)11-17(15)20/h1-2,4,6-8,11,13H,3,5,9-10H2. The van der Waals surface area contributed by atoms with Crippen molar-refractivity contribution in [1.29, 1.82) is 0 Å². The van der Waals surface area contributed by atoms with Gasteiger partial charge in [0.2, 0.25) is 0 Å². The highest BCUT2D eigenvalue weighted by Gasteiger charge is 2.31. The fraction of sp³-hybridized carbons (Fsp3) is 0.278. The Bertz CT molecular complexity index is 826. The Hall–Kier alpha value is -2.11. The van der Waals surface area contributed by atoms with Gasteiger partial charge in [-0.1, -0.05) is 41.4 Å². The summed E-state index contributed by atoms with van der Waals surface area (Å²) in [5, 5.41) is 11.6. The van der Waals surface area contributed by atoms with E-state index in [9.17, 15) is 14.9 Å². The van der Waals surface area contributed by atoms with Crippen molar-refractivity contribution in [2.24, 2.45) is 0 Å². The van der Waals surface area contributed by atoms with Crippen LogP contribution in [0.3, 0.4) is 0 Å². The Labute approximate surface area is 155 Å². The van der Waals surface area contributed by atoms with Gasteiger partial charge in [0.1, 0.15) is 0 Å². The molecular weight excluding hydrogens is 363 g/mol. The van der Waals surface area contributed by atoms with Crippen molar-refractivity contribution in [3.05, 3.63) is 73.8 Å². The minimum atomic E-state index is -0.532. The molecule has 2 aromatic rings. The van der Waals surface area contributed by atoms with Crippen molar-refractivity contribution in [2.75, 3.05) is 6.54 Å². The number of hydrogen-bond acceptors (Lipinski definition) is 3. The molecule has 0 radical (unpaired) electrons. The lowest BCUT2D eigenvalue weighted by molar-refractivity contribution is -0.384. The third-order valence-corrected chi connectivity index (χ3v) is 5.13. The Kier molecular flexibility index (Phi) is 5.25. The Morgan fingerprint density at radius 3 is 2.64 bits per heavy atom. The molecule has 0 N–H and O–H groups in total. The maximum atomic E-state index is 12.9. The van der Waals surface area contributed by atoms with Crippen molar-refractivity contribution in [1.82, 2.24) is 4.90 Å². The number of nitro benzene ring substituents is 1. The van der Waals surface area contributed by atoms with E-state index in [1.165, 1.54) is 18.2 Å². The highest BCUT2D eigenvalue weighted by atomic mass is 35.5. The Balaban J connectivity index is 1.81. The van der Waals surface area contributed by atoms with Gasteiger partial charge in [-0.15, -0.1) is 0 Å². The number of benzene rings is 2. The zero-order valence-electron chi connectivity index (χ0n) is 13.3. The number of halogens is 2. The van der Waals surface area contributed by atoms with E-state index >= 15 is 0 Å². The number of hydrogen-bond donors (Lipinski definition) is 0. The molecule has 2 aromatic carbocycles. The van der Waals surface area contributed by atoms with Crippen molar-refractivity contribution < 1.29 is 9.72 Å². The van der Waals surface area contributed by atoms with E-state index in [4.69, 9.17) is 23.2 Å². The second kappa shape index (κ2) is 7.42. The number of non-ortho nitro benzene ring substituents is 1. The Morgan fingerprint density at radius 1 is 1.20 bits per heavy atom. The van der Waals surface area contributed by atoms with E-state index in [2.05, 4.69) is 0 Å². The monoisotopic (exact) mass is 378 g/mol. The quantitative estimate of drug-likeness (QED) is 0.569. The first-order valence-corrected chi connectivity index (χ1v) is 8.71. The topological polar surface area (TPSA) is 63.4 Å². The predicted molar refractivity (Wildman–Crippen MR) is 97.3 cm³/mol. The first kappa shape index (κ1) is 17.7. The van der Waals surface area contributed by atoms with Crippen LogP contribution in [0.25, 0.3) is 0 Å². The summed E-state index contributed by atoms with van der Waals surface area (Å²) in [6.07, 6.45) is 2.48. The van der Waals surface area contributed by atoms with Gasteiger partial charge in [0.05, 0.1) is 15.5 Å². The summed E-state index contributed by atoms with van der Waals surface area (Å²) in [7, 11) is 0. The van der Waals surface area contributed by atoms with Gasteiger partial charge in [0.25, 0.3) is 11.6 Å². The molecule has 3 rings (SSSR count). The van der Waals surface area contributed by atoms with E-state index in [1.807, 2.05) is 24.3 Å². The molecule has 0 bridgehead atoms. The van der Waals surface area contributed by atoms with Crippen LogP contribution in [0.1, 0.15) is 28.8 Å². The van der Waals surface area contributed by atoms with Crippen LogP contribution in [0, 0.1) is 10.1 Å². The van der Waals surface area contributed by atoms with Crippen molar-refractivity contribution in [3.8, 4) is 0 Å². The average molecular weight is 379 g/mol. The molecule has 25 heavy (non-hydrogen) atoms. The molecule has 0 saturated carbocycles.